The van der Waals surface area contributed by atoms with Crippen molar-refractivity contribution in [1.29, 1.82) is 0 Å². The first-order valence-electron chi connectivity index (χ1n) is 7.77. The summed E-state index contributed by atoms with van der Waals surface area (Å²) >= 11 is -1.35. The number of nitrogens with one attached hydrogen (secondary N) is 2. The second kappa shape index (κ2) is 6.92. The number of nitrogens with zero attached hydrogens (tertiary/aromatic N) is 1. The maximum atomic E-state index is 12.3. The molecule has 1 fully saturated rings. The van der Waals surface area contributed by atoms with E-state index in [0.29, 0.717) is 28.5 Å². The number of H-pyrrole nitrogens is 1. The minimum atomic E-state index is -4.78. The average Bonchev–Trinajstić information content (AvgIpc) is 2.90. The van der Waals surface area contributed by atoms with Crippen molar-refractivity contribution in [3.63, 3.8) is 0 Å². The summed E-state index contributed by atoms with van der Waals surface area (Å²) in [5.41, 5.74) is 5.78. The molecule has 1 unspecified atom stereocenters. The monoisotopic (exact) mass is 432 g/mol. The fourth-order valence-corrected chi connectivity index (χ4v) is 4.25. The quantitative estimate of drug-likeness (QED) is 0.559. The van der Waals surface area contributed by atoms with Crippen LogP contribution >= 0.6 is 0 Å². The van der Waals surface area contributed by atoms with Crippen LogP contribution in [-0.4, -0.2) is 54.6 Å². The van der Waals surface area contributed by atoms with Crippen molar-refractivity contribution < 1.29 is 27.5 Å². The van der Waals surface area contributed by atoms with Gasteiger partial charge in [0.05, 0.1) is 0 Å². The first kappa shape index (κ1) is 18.7. The van der Waals surface area contributed by atoms with Gasteiger partial charge in [0.15, 0.2) is 0 Å². The van der Waals surface area contributed by atoms with E-state index in [-0.39, 0.29) is 22.8 Å². The predicted octanol–water partition coefficient (Wildman–Crippen LogP) is 0.0475. The van der Waals surface area contributed by atoms with E-state index < -0.39 is 27.7 Å². The molecule has 2 aromatic rings. The van der Waals surface area contributed by atoms with E-state index in [1.54, 1.807) is 0 Å². The normalized spacial score (nSPS) is 16.6. The molecule has 7 nitrogen and oxygen atoms in total. The fourth-order valence-electron chi connectivity index (χ4n) is 2.54. The number of ether oxygens (including phenoxy) is 1. The molecule has 0 spiro atoms. The van der Waals surface area contributed by atoms with E-state index in [1.165, 1.54) is 12.1 Å². The van der Waals surface area contributed by atoms with Gasteiger partial charge in [0, 0.05) is 0 Å². The number of carbonyl (C=O) groups is 2. The van der Waals surface area contributed by atoms with E-state index >= 15 is 0 Å². The average molecular weight is 432 g/mol. The number of aromatic nitrogens is 2. The number of halogens is 3. The molecule has 3 rings (SSSR count). The van der Waals surface area contributed by atoms with E-state index in [1.807, 2.05) is 0 Å². The Morgan fingerprint density at radius 2 is 2.12 bits per heavy atom. The van der Waals surface area contributed by atoms with Crippen LogP contribution < -0.4 is 20.4 Å². The number of nitrogens with two attached hydrogens (primary N) is 1. The third kappa shape index (κ3) is 4.37. The Morgan fingerprint density at radius 3 is 2.73 bits per heavy atom. The van der Waals surface area contributed by atoms with Crippen molar-refractivity contribution >= 4 is 41.9 Å². The van der Waals surface area contributed by atoms with Gasteiger partial charge >= 0.3 is 152 Å². The van der Waals surface area contributed by atoms with Crippen LogP contribution in [0.3, 0.4) is 0 Å². The van der Waals surface area contributed by atoms with E-state index in [9.17, 15) is 22.8 Å². The number of imidazole rings is 1. The van der Waals surface area contributed by atoms with Crippen molar-refractivity contribution in [2.75, 3.05) is 6.54 Å². The third-order valence-electron chi connectivity index (χ3n) is 4.05. The van der Waals surface area contributed by atoms with Crippen molar-refractivity contribution in [2.45, 2.75) is 31.2 Å². The Balaban J connectivity index is 1.59. The minimum absolute atomic E-state index is 0.128. The van der Waals surface area contributed by atoms with E-state index in [2.05, 4.69) is 20.0 Å². The molecule has 1 aromatic carbocycles. The number of benzene rings is 1. The SMILES string of the molecule is NC1(C(=O)NCC(=O)[AsH]c2nc3ccc(OC(F)(F)F)cc3[nH]2)CCC1. The van der Waals surface area contributed by atoms with Gasteiger partial charge in [-0.2, -0.15) is 0 Å². The van der Waals surface area contributed by atoms with E-state index in [0.717, 1.165) is 12.5 Å². The number of aromatic amines is 1. The molecule has 0 bridgehead atoms. The molecule has 1 saturated carbocycles. The van der Waals surface area contributed by atoms with Crippen LogP contribution in [0.2, 0.25) is 0 Å². The summed E-state index contributed by atoms with van der Waals surface area (Å²) in [5.74, 6) is -0.699. The van der Waals surface area contributed by atoms with Gasteiger partial charge in [-0.15, -0.1) is 0 Å². The van der Waals surface area contributed by atoms with Crippen LogP contribution in [0.25, 0.3) is 11.0 Å². The summed E-state index contributed by atoms with van der Waals surface area (Å²) in [5, 5.41) is 2.54. The van der Waals surface area contributed by atoms with Crippen LogP contribution in [0.1, 0.15) is 19.3 Å². The Labute approximate surface area is 152 Å². The molecule has 1 aromatic heterocycles. The molecule has 1 aliphatic rings. The molecule has 1 amide bonds. The Hall–Kier alpha value is -2.06. The summed E-state index contributed by atoms with van der Waals surface area (Å²) in [7, 11) is 0. The molecule has 11 heteroatoms. The molecule has 0 aliphatic heterocycles. The number of carbonyl (C=O) groups excluding carboxylic acids is 2. The summed E-state index contributed by atoms with van der Waals surface area (Å²) < 4.78 is 40.8. The van der Waals surface area contributed by atoms with Gasteiger partial charge in [-0.3, -0.25) is 0 Å². The fraction of sp³-hybridized carbons (Fsp3) is 0.400. The molecular formula is C15H16AsF3N4O3. The summed E-state index contributed by atoms with van der Waals surface area (Å²) in [4.78, 5) is 31.0. The van der Waals surface area contributed by atoms with Gasteiger partial charge in [-0.25, -0.2) is 0 Å². The van der Waals surface area contributed by atoms with Gasteiger partial charge in [0.25, 0.3) is 0 Å². The van der Waals surface area contributed by atoms with Crippen molar-refractivity contribution in [2.24, 2.45) is 5.73 Å². The second-order valence-electron chi connectivity index (χ2n) is 6.05. The Kier molecular flexibility index (Phi) is 4.98. The molecule has 0 radical (unpaired) electrons. The first-order chi connectivity index (χ1) is 12.1. The number of rotatable bonds is 6. The zero-order chi connectivity index (χ0) is 18.9. The zero-order valence-electron chi connectivity index (χ0n) is 13.4. The molecule has 4 N–H and O–H groups in total. The summed E-state index contributed by atoms with van der Waals surface area (Å²) in [6.07, 6.45) is -2.67. The van der Waals surface area contributed by atoms with Crippen molar-refractivity contribution in [1.82, 2.24) is 15.3 Å². The molecular weight excluding hydrogens is 416 g/mol. The van der Waals surface area contributed by atoms with Crippen molar-refractivity contribution in [3.05, 3.63) is 18.2 Å². The predicted molar refractivity (Wildman–Crippen MR) is 88.3 cm³/mol. The molecule has 0 saturated heterocycles. The van der Waals surface area contributed by atoms with Gasteiger partial charge in [-0.05, 0) is 0 Å². The molecule has 26 heavy (non-hydrogen) atoms. The number of hydrogen-bond donors (Lipinski definition) is 3. The number of hydrogen-bond acceptors (Lipinski definition) is 5. The Bertz CT molecular complexity index is 848. The Morgan fingerprint density at radius 1 is 1.38 bits per heavy atom. The zero-order valence-corrected chi connectivity index (χ0v) is 15.5. The topological polar surface area (TPSA) is 110 Å². The van der Waals surface area contributed by atoms with Crippen LogP contribution in [0.5, 0.6) is 5.75 Å². The number of alkyl halides is 3. The van der Waals surface area contributed by atoms with Crippen molar-refractivity contribution in [3.8, 4) is 5.75 Å². The summed E-state index contributed by atoms with van der Waals surface area (Å²) in [6, 6.07) is 3.71. The van der Waals surface area contributed by atoms with Gasteiger partial charge in [0.2, 0.25) is 0 Å². The van der Waals surface area contributed by atoms with Gasteiger partial charge in [0.1, 0.15) is 0 Å². The standard InChI is InChI=1S/C15H16AsF3N4O3/c17-15(18,19)26-8-2-3-9-10(6-8)23-13(22-9)16-11(24)7-21-12(25)14(20)4-1-5-14/h2-3,6,16H,1,4-5,7,20H2,(H,21,25)(H,22,23). The van der Waals surface area contributed by atoms with Crippen LogP contribution in [0.4, 0.5) is 13.2 Å². The van der Waals surface area contributed by atoms with Crippen LogP contribution in [-0.2, 0) is 9.59 Å². The third-order valence-corrected chi connectivity index (χ3v) is 6.00. The van der Waals surface area contributed by atoms with Crippen LogP contribution in [0.15, 0.2) is 18.2 Å². The van der Waals surface area contributed by atoms with Gasteiger partial charge in [-0.1, -0.05) is 0 Å². The summed E-state index contributed by atoms with van der Waals surface area (Å²) in [6.45, 7) is -0.128. The molecule has 1 heterocycles. The van der Waals surface area contributed by atoms with Gasteiger partial charge < -0.3 is 0 Å². The molecule has 1 aliphatic carbocycles. The molecule has 140 valence electrons. The molecule has 1 atom stereocenters. The number of amides is 1. The first-order valence-corrected chi connectivity index (χ1v) is 9.87. The number of fused-ring (bicyclic) bond motifs is 1. The van der Waals surface area contributed by atoms with E-state index in [4.69, 9.17) is 5.73 Å². The maximum absolute atomic E-state index is 12.3. The second-order valence-corrected chi connectivity index (χ2v) is 8.74. The van der Waals surface area contributed by atoms with Crippen LogP contribution in [0, 0.1) is 0 Å².